The number of rotatable bonds is 1. The van der Waals surface area contributed by atoms with Crippen molar-refractivity contribution in [3.05, 3.63) is 12.3 Å². The molecule has 3 heteroatoms. The first-order valence-corrected chi connectivity index (χ1v) is 1.90. The minimum absolute atomic E-state index is 0.481. The third-order valence-corrected chi connectivity index (χ3v) is 0.641. The minimum atomic E-state index is 0.481. The Morgan fingerprint density at radius 3 is 3.00 bits per heavy atom. The summed E-state index contributed by atoms with van der Waals surface area (Å²) in [6.07, 6.45) is 4.79. The summed E-state index contributed by atoms with van der Waals surface area (Å²) in [4.78, 5) is 14.2. The van der Waals surface area contributed by atoms with Crippen molar-refractivity contribution in [1.82, 2.24) is 5.06 Å². The molecule has 1 aliphatic heterocycles. The fourth-order valence-electron chi connectivity index (χ4n) is 0.362. The van der Waals surface area contributed by atoms with E-state index in [2.05, 4.69) is 4.84 Å². The van der Waals surface area contributed by atoms with Gasteiger partial charge in [0.15, 0.2) is 0 Å². The highest BCUT2D eigenvalue weighted by Gasteiger charge is 2.00. The molecule has 0 saturated carbocycles. The molecular weight excluding hydrogens is 94.0 g/mol. The van der Waals surface area contributed by atoms with Crippen molar-refractivity contribution in [1.29, 1.82) is 0 Å². The van der Waals surface area contributed by atoms with Crippen LogP contribution in [0.2, 0.25) is 0 Å². The van der Waals surface area contributed by atoms with Gasteiger partial charge in [-0.05, 0) is 6.08 Å². The monoisotopic (exact) mass is 98.0 g/mol. The maximum absolute atomic E-state index is 9.63. The van der Waals surface area contributed by atoms with Crippen LogP contribution >= 0.6 is 0 Å². The normalized spacial score (nSPS) is 18.0. The summed E-state index contributed by atoms with van der Waals surface area (Å²) in [5, 5.41) is 1.00. The van der Waals surface area contributed by atoms with Gasteiger partial charge < -0.3 is 0 Å². The zero-order valence-corrected chi connectivity index (χ0v) is 3.63. The van der Waals surface area contributed by atoms with Gasteiger partial charge in [-0.15, -0.1) is 0 Å². The molecule has 1 amide bonds. The number of carbonyl (C=O) groups excluding carboxylic acids is 1. The molecule has 0 fully saturated rings. The number of hydrogen-bond donors (Lipinski definition) is 0. The second-order valence-electron chi connectivity index (χ2n) is 1.10. The van der Waals surface area contributed by atoms with Crippen molar-refractivity contribution in [2.24, 2.45) is 0 Å². The van der Waals surface area contributed by atoms with E-state index in [1.807, 2.05) is 0 Å². The molecule has 0 aromatic rings. The van der Waals surface area contributed by atoms with Gasteiger partial charge in [0.1, 0.15) is 0 Å². The molecule has 0 atom stereocenters. The number of hydrogen-bond acceptors (Lipinski definition) is 2. The molecular formula is C4H4NO2. The highest BCUT2D eigenvalue weighted by atomic mass is 16.7. The zero-order valence-electron chi connectivity index (χ0n) is 3.63. The van der Waals surface area contributed by atoms with Crippen molar-refractivity contribution < 1.29 is 9.63 Å². The second kappa shape index (κ2) is 1.75. The molecule has 1 radical (unpaired) electrons. The predicted molar refractivity (Wildman–Crippen MR) is 22.6 cm³/mol. The van der Waals surface area contributed by atoms with Crippen LogP contribution in [0.5, 0.6) is 0 Å². The molecule has 0 spiro atoms. The fraction of sp³-hybridized carbons (Fsp3) is 0.250. The summed E-state index contributed by atoms with van der Waals surface area (Å²) < 4.78 is 0. The highest BCUT2D eigenvalue weighted by molar-refractivity contribution is 5.48. The van der Waals surface area contributed by atoms with Crippen LogP contribution in [-0.2, 0) is 9.63 Å². The van der Waals surface area contributed by atoms with Crippen LogP contribution in [0.1, 0.15) is 0 Å². The smallest absolute Gasteiger partial charge is 0.262 e. The van der Waals surface area contributed by atoms with Crippen LogP contribution in [0.4, 0.5) is 0 Å². The van der Waals surface area contributed by atoms with Crippen molar-refractivity contribution in [3.63, 3.8) is 0 Å². The van der Waals surface area contributed by atoms with E-state index in [4.69, 9.17) is 0 Å². The van der Waals surface area contributed by atoms with Crippen molar-refractivity contribution in [2.75, 3.05) is 6.61 Å². The SMILES string of the molecule is O=[C]N1C=CCO1. The summed E-state index contributed by atoms with van der Waals surface area (Å²) in [7, 11) is 0. The molecule has 7 heavy (non-hydrogen) atoms. The van der Waals surface area contributed by atoms with Gasteiger partial charge in [-0.3, -0.25) is 9.63 Å². The van der Waals surface area contributed by atoms with Crippen molar-refractivity contribution >= 4 is 6.41 Å². The summed E-state index contributed by atoms with van der Waals surface area (Å²) >= 11 is 0. The van der Waals surface area contributed by atoms with Crippen LogP contribution < -0.4 is 0 Å². The highest BCUT2D eigenvalue weighted by Crippen LogP contribution is 1.94. The van der Waals surface area contributed by atoms with Gasteiger partial charge in [0.05, 0.1) is 6.61 Å². The number of amides is 1. The summed E-state index contributed by atoms with van der Waals surface area (Å²) in [6, 6.07) is 0. The lowest BCUT2D eigenvalue weighted by molar-refractivity contribution is -0.0275. The van der Waals surface area contributed by atoms with Gasteiger partial charge in [-0.1, -0.05) is 0 Å². The van der Waals surface area contributed by atoms with Gasteiger partial charge in [-0.2, -0.15) is 5.06 Å². The first-order chi connectivity index (χ1) is 3.43. The minimum Gasteiger partial charge on any atom is -0.262 e. The molecule has 0 unspecified atom stereocenters. The third-order valence-electron chi connectivity index (χ3n) is 0.641. The van der Waals surface area contributed by atoms with E-state index in [9.17, 15) is 4.79 Å². The Balaban J connectivity index is 2.42. The van der Waals surface area contributed by atoms with E-state index in [0.29, 0.717) is 6.61 Å². The van der Waals surface area contributed by atoms with Crippen LogP contribution in [0.3, 0.4) is 0 Å². The lowest BCUT2D eigenvalue weighted by Gasteiger charge is -1.98. The quantitative estimate of drug-likeness (QED) is 0.455. The fourth-order valence-corrected chi connectivity index (χ4v) is 0.362. The lowest BCUT2D eigenvalue weighted by Crippen LogP contribution is -2.08. The first-order valence-electron chi connectivity index (χ1n) is 1.90. The zero-order chi connectivity index (χ0) is 5.11. The molecule has 1 heterocycles. The Morgan fingerprint density at radius 2 is 2.71 bits per heavy atom. The van der Waals surface area contributed by atoms with E-state index >= 15 is 0 Å². The van der Waals surface area contributed by atoms with E-state index < -0.39 is 0 Å². The van der Waals surface area contributed by atoms with Crippen LogP contribution in [-0.4, -0.2) is 18.1 Å². The average Bonchev–Trinajstić information content (AvgIpc) is 2.14. The Kier molecular flexibility index (Phi) is 1.08. The van der Waals surface area contributed by atoms with Crippen LogP contribution in [0.15, 0.2) is 12.3 Å². The molecule has 0 aliphatic carbocycles. The largest absolute Gasteiger partial charge is 0.342 e. The third kappa shape index (κ3) is 0.778. The molecule has 37 valence electrons. The topological polar surface area (TPSA) is 29.5 Å². The average molecular weight is 98.1 g/mol. The van der Waals surface area contributed by atoms with Crippen molar-refractivity contribution in [2.45, 2.75) is 0 Å². The molecule has 0 bridgehead atoms. The van der Waals surface area contributed by atoms with E-state index in [1.54, 1.807) is 6.08 Å². The molecule has 3 nitrogen and oxygen atoms in total. The molecule has 0 saturated heterocycles. The second-order valence-corrected chi connectivity index (χ2v) is 1.10. The molecule has 0 N–H and O–H groups in total. The summed E-state index contributed by atoms with van der Waals surface area (Å²) in [6.45, 7) is 0.481. The Labute approximate surface area is 41.1 Å². The molecule has 0 aromatic carbocycles. The standard InChI is InChI=1S/C4H4NO2/c6-4-5-2-1-3-7-5/h1-2H,3H2. The summed E-state index contributed by atoms with van der Waals surface area (Å²) in [5.74, 6) is 0. The number of hydroxylamine groups is 2. The molecule has 0 aromatic heterocycles. The van der Waals surface area contributed by atoms with E-state index in [0.717, 1.165) is 5.06 Å². The van der Waals surface area contributed by atoms with Crippen LogP contribution in [0.25, 0.3) is 0 Å². The van der Waals surface area contributed by atoms with Gasteiger partial charge in [0, 0.05) is 6.20 Å². The first kappa shape index (κ1) is 4.33. The van der Waals surface area contributed by atoms with E-state index in [1.165, 1.54) is 12.6 Å². The van der Waals surface area contributed by atoms with Crippen LogP contribution in [0, 0.1) is 0 Å². The molecule has 1 aliphatic rings. The maximum atomic E-state index is 9.63. The maximum Gasteiger partial charge on any atom is 0.342 e. The Bertz CT molecular complexity index is 99.9. The lowest BCUT2D eigenvalue weighted by atomic mass is 10.7. The van der Waals surface area contributed by atoms with Gasteiger partial charge >= 0.3 is 6.41 Å². The van der Waals surface area contributed by atoms with Gasteiger partial charge in [0.25, 0.3) is 0 Å². The number of nitrogens with zero attached hydrogens (tertiary/aromatic N) is 1. The molecule has 1 rings (SSSR count). The van der Waals surface area contributed by atoms with Crippen molar-refractivity contribution in [3.8, 4) is 0 Å². The predicted octanol–water partition coefficient (Wildman–Crippen LogP) is -0.185. The summed E-state index contributed by atoms with van der Waals surface area (Å²) in [5.41, 5.74) is 0. The van der Waals surface area contributed by atoms with Gasteiger partial charge in [-0.25, -0.2) is 0 Å². The van der Waals surface area contributed by atoms with Gasteiger partial charge in [0.2, 0.25) is 0 Å². The van der Waals surface area contributed by atoms with E-state index in [-0.39, 0.29) is 0 Å². The Morgan fingerprint density at radius 1 is 1.86 bits per heavy atom. The Hall–Kier alpha value is -0.830.